The third kappa shape index (κ3) is 1.97. The van der Waals surface area contributed by atoms with Crippen molar-refractivity contribution in [2.75, 3.05) is 0 Å². The molecule has 2 heterocycles. The number of aromatic nitrogens is 1. The van der Waals surface area contributed by atoms with Crippen LogP contribution in [0.2, 0.25) is 0 Å². The lowest BCUT2D eigenvalue weighted by Crippen LogP contribution is -2.14. The molecule has 4 nitrogen and oxygen atoms in total. The maximum Gasteiger partial charge on any atom is 0.125 e. The molecule has 0 spiro atoms. The quantitative estimate of drug-likeness (QED) is 0.707. The van der Waals surface area contributed by atoms with Gasteiger partial charge in [0.1, 0.15) is 11.4 Å². The molecule has 0 amide bonds. The van der Waals surface area contributed by atoms with Gasteiger partial charge in [-0.15, -0.1) is 10.2 Å². The van der Waals surface area contributed by atoms with Crippen LogP contribution in [0.25, 0.3) is 10.9 Å². The Kier molecular flexibility index (Phi) is 2.71. The average molecular weight is 271 g/mol. The predicted octanol–water partition coefficient (Wildman–Crippen LogP) is 2.96. The standard InChI is InChI=1S/C17H11N4/c1-2-6-13(7-3-1)16-17(20-21-19-16)14-10-4-8-12-9-5-11-18-15(12)14/h1-11H. The minimum Gasteiger partial charge on any atom is -0.256 e. The molecule has 0 aliphatic carbocycles. The number of hydrogen-bond donors (Lipinski definition) is 0. The summed E-state index contributed by atoms with van der Waals surface area (Å²) in [4.78, 5) is 4.48. The second kappa shape index (κ2) is 4.83. The fourth-order valence-electron chi connectivity index (χ4n) is 2.47. The van der Waals surface area contributed by atoms with Crippen LogP contribution >= 0.6 is 0 Å². The highest BCUT2D eigenvalue weighted by Gasteiger charge is 2.21. The molecule has 1 aliphatic heterocycles. The van der Waals surface area contributed by atoms with Gasteiger partial charge in [-0.25, -0.2) is 0 Å². The van der Waals surface area contributed by atoms with Gasteiger partial charge in [0.25, 0.3) is 0 Å². The second-order valence-corrected chi connectivity index (χ2v) is 4.73. The van der Waals surface area contributed by atoms with Crippen LogP contribution in [0.1, 0.15) is 11.1 Å². The fourth-order valence-corrected chi connectivity index (χ4v) is 2.47. The molecule has 1 aromatic heterocycles. The van der Waals surface area contributed by atoms with Crippen molar-refractivity contribution in [2.24, 2.45) is 10.2 Å². The summed E-state index contributed by atoms with van der Waals surface area (Å²) in [6, 6.07) is 20.0. The van der Waals surface area contributed by atoms with Crippen LogP contribution in [-0.4, -0.2) is 16.4 Å². The fraction of sp³-hybridized carbons (Fsp3) is 0. The maximum atomic E-state index is 4.48. The number of pyridine rings is 1. The highest BCUT2D eigenvalue weighted by Crippen LogP contribution is 2.20. The number of rotatable bonds is 2. The van der Waals surface area contributed by atoms with Gasteiger partial charge in [-0.05, 0) is 11.6 Å². The van der Waals surface area contributed by atoms with Crippen molar-refractivity contribution in [3.8, 4) is 0 Å². The van der Waals surface area contributed by atoms with Gasteiger partial charge in [-0.2, -0.15) is 0 Å². The Hall–Kier alpha value is -3.01. The van der Waals surface area contributed by atoms with E-state index in [1.54, 1.807) is 6.20 Å². The maximum absolute atomic E-state index is 4.48. The first kappa shape index (κ1) is 11.8. The van der Waals surface area contributed by atoms with Crippen molar-refractivity contribution in [1.29, 1.82) is 0 Å². The molecular formula is C17H11N4. The molecule has 99 valence electrons. The summed E-state index contributed by atoms with van der Waals surface area (Å²) < 4.78 is 0. The van der Waals surface area contributed by atoms with E-state index in [0.29, 0.717) is 0 Å². The molecule has 0 saturated carbocycles. The zero-order chi connectivity index (χ0) is 14.1. The summed E-state index contributed by atoms with van der Waals surface area (Å²) in [6.07, 6.45) is 1.79. The summed E-state index contributed by atoms with van der Waals surface area (Å²) in [6.45, 7) is 0. The van der Waals surface area contributed by atoms with E-state index in [1.165, 1.54) is 0 Å². The Bertz CT molecular complexity index is 861. The van der Waals surface area contributed by atoms with Crippen LogP contribution in [0.15, 0.2) is 77.1 Å². The second-order valence-electron chi connectivity index (χ2n) is 4.73. The molecule has 1 radical (unpaired) electrons. The van der Waals surface area contributed by atoms with Gasteiger partial charge >= 0.3 is 0 Å². The Balaban J connectivity index is 1.88. The van der Waals surface area contributed by atoms with E-state index >= 15 is 0 Å². The number of nitrogens with zero attached hydrogens (tertiary/aromatic N) is 4. The van der Waals surface area contributed by atoms with Crippen molar-refractivity contribution in [1.82, 2.24) is 10.5 Å². The van der Waals surface area contributed by atoms with Crippen molar-refractivity contribution in [2.45, 2.75) is 0 Å². The first-order chi connectivity index (χ1) is 10.4. The van der Waals surface area contributed by atoms with Crippen molar-refractivity contribution >= 4 is 22.3 Å². The highest BCUT2D eigenvalue weighted by atomic mass is 15.5. The molecule has 0 N–H and O–H groups in total. The highest BCUT2D eigenvalue weighted by molar-refractivity contribution is 6.55. The smallest absolute Gasteiger partial charge is 0.125 e. The lowest BCUT2D eigenvalue weighted by atomic mass is 9.98. The lowest BCUT2D eigenvalue weighted by molar-refractivity contribution is 0.811. The first-order valence-electron chi connectivity index (χ1n) is 6.69. The summed E-state index contributed by atoms with van der Waals surface area (Å²) in [5.74, 6) is 0. The van der Waals surface area contributed by atoms with Gasteiger partial charge in [-0.3, -0.25) is 4.98 Å². The van der Waals surface area contributed by atoms with Gasteiger partial charge in [0.05, 0.1) is 5.52 Å². The molecule has 0 fully saturated rings. The third-order valence-corrected chi connectivity index (χ3v) is 3.45. The van der Waals surface area contributed by atoms with E-state index in [-0.39, 0.29) is 0 Å². The zero-order valence-electron chi connectivity index (χ0n) is 11.1. The molecule has 0 atom stereocenters. The molecule has 2 aromatic carbocycles. The van der Waals surface area contributed by atoms with Gasteiger partial charge < -0.3 is 0 Å². The van der Waals surface area contributed by atoms with Gasteiger partial charge in [0.2, 0.25) is 0 Å². The minimum absolute atomic E-state index is 0.769. The van der Waals surface area contributed by atoms with Crippen LogP contribution in [0, 0.1) is 0 Å². The number of benzene rings is 2. The molecular weight excluding hydrogens is 260 g/mol. The molecule has 4 heteroatoms. The van der Waals surface area contributed by atoms with Crippen LogP contribution in [0.3, 0.4) is 0 Å². The van der Waals surface area contributed by atoms with E-state index < -0.39 is 0 Å². The summed E-state index contributed by atoms with van der Waals surface area (Å²) in [5, 5.41) is 9.47. The predicted molar refractivity (Wildman–Crippen MR) is 83.4 cm³/mol. The normalized spacial score (nSPS) is 13.7. The van der Waals surface area contributed by atoms with Crippen molar-refractivity contribution in [3.05, 3.63) is 78.0 Å². The van der Waals surface area contributed by atoms with Crippen LogP contribution in [-0.2, 0) is 0 Å². The molecule has 0 saturated heterocycles. The number of para-hydroxylation sites is 1. The Labute approximate surface area is 121 Å². The van der Waals surface area contributed by atoms with Crippen LogP contribution < -0.4 is 5.53 Å². The molecule has 3 aromatic rings. The number of fused-ring (bicyclic) bond motifs is 1. The molecule has 0 unspecified atom stereocenters. The van der Waals surface area contributed by atoms with Crippen LogP contribution in [0.5, 0.6) is 0 Å². The molecule has 1 aliphatic rings. The van der Waals surface area contributed by atoms with Crippen LogP contribution in [0.4, 0.5) is 0 Å². The van der Waals surface area contributed by atoms with Crippen molar-refractivity contribution < 1.29 is 0 Å². The Morgan fingerprint density at radius 2 is 1.48 bits per heavy atom. The van der Waals surface area contributed by atoms with E-state index in [0.717, 1.165) is 33.5 Å². The lowest BCUT2D eigenvalue weighted by Gasteiger charge is -2.07. The Morgan fingerprint density at radius 3 is 2.38 bits per heavy atom. The first-order valence-corrected chi connectivity index (χ1v) is 6.69. The summed E-state index contributed by atoms with van der Waals surface area (Å²) >= 11 is 0. The molecule has 21 heavy (non-hydrogen) atoms. The Morgan fingerprint density at radius 1 is 0.667 bits per heavy atom. The average Bonchev–Trinajstić information content (AvgIpc) is 3.04. The van der Waals surface area contributed by atoms with Gasteiger partial charge in [-0.1, -0.05) is 54.6 Å². The van der Waals surface area contributed by atoms with Crippen molar-refractivity contribution in [3.63, 3.8) is 0 Å². The van der Waals surface area contributed by atoms with E-state index in [9.17, 15) is 0 Å². The number of hydrogen-bond acceptors (Lipinski definition) is 3. The minimum atomic E-state index is 0.769. The van der Waals surface area contributed by atoms with Gasteiger partial charge in [0.15, 0.2) is 0 Å². The van der Waals surface area contributed by atoms with E-state index in [2.05, 4.69) is 20.7 Å². The summed E-state index contributed by atoms with van der Waals surface area (Å²) in [5.41, 5.74) is 8.29. The molecule has 0 bridgehead atoms. The largest absolute Gasteiger partial charge is 0.256 e. The summed E-state index contributed by atoms with van der Waals surface area (Å²) in [7, 11) is 0. The van der Waals surface area contributed by atoms with E-state index in [1.807, 2.05) is 60.7 Å². The topological polar surface area (TPSA) is 51.7 Å². The SMILES string of the molecule is c1ccc(C2=N[N]N=C2c2cccc3cccnc23)cc1. The van der Waals surface area contributed by atoms with Gasteiger partial charge in [0, 0.05) is 22.7 Å². The van der Waals surface area contributed by atoms with E-state index in [4.69, 9.17) is 0 Å². The monoisotopic (exact) mass is 271 g/mol. The third-order valence-electron chi connectivity index (χ3n) is 3.45. The molecule has 4 rings (SSSR count). The zero-order valence-corrected chi connectivity index (χ0v) is 11.1.